The monoisotopic (exact) mass is 544 g/mol. The molecule has 0 N–H and O–H groups in total. The van der Waals surface area contributed by atoms with Gasteiger partial charge in [0.1, 0.15) is 10.0 Å². The second-order valence-corrected chi connectivity index (χ2v) is 13.1. The van der Waals surface area contributed by atoms with Crippen LogP contribution in [0.3, 0.4) is 0 Å². The van der Waals surface area contributed by atoms with E-state index in [1.54, 1.807) is 6.07 Å². The van der Waals surface area contributed by atoms with Crippen molar-refractivity contribution in [1.29, 1.82) is 0 Å². The van der Waals surface area contributed by atoms with Gasteiger partial charge in [-0.05, 0) is 36.4 Å². The summed E-state index contributed by atoms with van der Waals surface area (Å²) in [7, 11) is 0.0284. The highest BCUT2D eigenvalue weighted by Crippen LogP contribution is 2.34. The number of aromatic nitrogens is 2. The Kier molecular flexibility index (Phi) is 6.16. The van der Waals surface area contributed by atoms with Crippen molar-refractivity contribution in [3.63, 3.8) is 0 Å². The number of anilines is 1. The fourth-order valence-electron chi connectivity index (χ4n) is 4.52. The zero-order valence-electron chi connectivity index (χ0n) is 20.3. The second kappa shape index (κ2) is 9.50. The number of fused-ring (bicyclic) bond motifs is 3. The molecule has 0 saturated carbocycles. The molecule has 0 atom stereocenters. The summed E-state index contributed by atoms with van der Waals surface area (Å²) in [6, 6.07) is 27.0. The second-order valence-electron chi connectivity index (χ2n) is 8.95. The number of rotatable bonds is 7. The first-order valence-electron chi connectivity index (χ1n) is 11.8. The summed E-state index contributed by atoms with van der Waals surface area (Å²) in [6.45, 7) is 0.336. The molecule has 0 aliphatic heterocycles. The van der Waals surface area contributed by atoms with Crippen molar-refractivity contribution >= 4 is 69.6 Å². The van der Waals surface area contributed by atoms with Crippen molar-refractivity contribution in [3.05, 3.63) is 94.9 Å². The number of hydrogen-bond donors (Lipinski definition) is 0. The van der Waals surface area contributed by atoms with E-state index >= 15 is 0 Å². The van der Waals surface area contributed by atoms with E-state index in [1.165, 1.54) is 27.0 Å². The van der Waals surface area contributed by atoms with E-state index in [0.717, 1.165) is 41.5 Å². The van der Waals surface area contributed by atoms with E-state index in [2.05, 4.69) is 0 Å². The molecule has 0 saturated heterocycles. The molecule has 4 aromatic carbocycles. The van der Waals surface area contributed by atoms with Gasteiger partial charge in [-0.15, -0.1) is 22.7 Å². The van der Waals surface area contributed by atoms with Gasteiger partial charge in [-0.3, -0.25) is 0 Å². The molecule has 37 heavy (non-hydrogen) atoms. The maximum Gasteiger partial charge on any atom is 0.244 e. The minimum atomic E-state index is -3.89. The van der Waals surface area contributed by atoms with E-state index in [-0.39, 0.29) is 18.0 Å². The first kappa shape index (κ1) is 24.0. The first-order valence-corrected chi connectivity index (χ1v) is 14.9. The quantitative estimate of drug-likeness (QED) is 0.229. The third kappa shape index (κ3) is 4.48. The summed E-state index contributed by atoms with van der Waals surface area (Å²) in [5.41, 5.74) is 2.72. The fraction of sp³-hybridized carbons (Fsp3) is 0.143. The number of benzene rings is 4. The van der Waals surface area contributed by atoms with Crippen LogP contribution < -0.4 is 4.90 Å². The molecule has 6 nitrogen and oxygen atoms in total. The lowest BCUT2D eigenvalue weighted by Crippen LogP contribution is -2.30. The van der Waals surface area contributed by atoms with Crippen LogP contribution in [0.2, 0.25) is 0 Å². The van der Waals surface area contributed by atoms with Crippen molar-refractivity contribution in [2.24, 2.45) is 0 Å². The number of nitrogens with zero attached hydrogens (tertiary/aromatic N) is 4. The van der Waals surface area contributed by atoms with Gasteiger partial charge >= 0.3 is 0 Å². The minimum Gasteiger partial charge on any atom is -0.377 e. The van der Waals surface area contributed by atoms with Gasteiger partial charge in [0.25, 0.3) is 0 Å². The van der Waals surface area contributed by atoms with Crippen molar-refractivity contribution in [3.8, 4) is 0 Å². The summed E-state index contributed by atoms with van der Waals surface area (Å²) < 4.78 is 32.3. The molecule has 186 valence electrons. The van der Waals surface area contributed by atoms with Crippen LogP contribution in [0, 0.1) is 0 Å². The van der Waals surface area contributed by atoms with Gasteiger partial charge < -0.3 is 4.90 Å². The molecule has 6 aromatic rings. The average Bonchev–Trinajstić information content (AvgIpc) is 3.50. The molecular formula is C28H24N4O2S3. The Morgan fingerprint density at radius 3 is 1.78 bits per heavy atom. The number of para-hydroxylation sites is 2. The summed E-state index contributed by atoms with van der Waals surface area (Å²) in [6.07, 6.45) is 0. The molecule has 0 fully saturated rings. The zero-order chi connectivity index (χ0) is 25.6. The Labute approximate surface area is 223 Å². The smallest absolute Gasteiger partial charge is 0.244 e. The summed E-state index contributed by atoms with van der Waals surface area (Å²) >= 11 is 3.04. The molecule has 0 bridgehead atoms. The maximum absolute atomic E-state index is 14.3. The average molecular weight is 545 g/mol. The van der Waals surface area contributed by atoms with Crippen molar-refractivity contribution in [2.75, 3.05) is 19.0 Å². The maximum atomic E-state index is 14.3. The van der Waals surface area contributed by atoms with Crippen LogP contribution in [0.15, 0.2) is 89.8 Å². The SMILES string of the molecule is CN(C)c1cccc2c(S(=O)(=O)N(Cc3nc4ccccc4s3)Cc3nc4ccccc4s3)cccc12. The van der Waals surface area contributed by atoms with E-state index in [1.807, 2.05) is 97.9 Å². The molecule has 0 spiro atoms. The first-order chi connectivity index (χ1) is 17.9. The topological polar surface area (TPSA) is 66.4 Å². The van der Waals surface area contributed by atoms with Crippen LogP contribution in [0.5, 0.6) is 0 Å². The lowest BCUT2D eigenvalue weighted by atomic mass is 10.1. The molecule has 0 aliphatic carbocycles. The van der Waals surface area contributed by atoms with Gasteiger partial charge in [0.2, 0.25) is 10.0 Å². The van der Waals surface area contributed by atoms with Crippen LogP contribution >= 0.6 is 22.7 Å². The third-order valence-corrected chi connectivity index (χ3v) is 10.2. The summed E-state index contributed by atoms with van der Waals surface area (Å²) in [5, 5.41) is 3.10. The molecule has 2 aromatic heterocycles. The van der Waals surface area contributed by atoms with E-state index in [9.17, 15) is 8.42 Å². The fourth-order valence-corrected chi connectivity index (χ4v) is 8.22. The molecule has 2 heterocycles. The molecule has 6 rings (SSSR count). The highest BCUT2D eigenvalue weighted by Gasteiger charge is 2.29. The molecule has 0 radical (unpaired) electrons. The molecule has 0 aliphatic rings. The van der Waals surface area contributed by atoms with Crippen LogP contribution in [-0.4, -0.2) is 36.8 Å². The van der Waals surface area contributed by atoms with Crippen molar-refractivity contribution < 1.29 is 8.42 Å². The standard InChI is InChI=1S/C28H24N4O2S3/c1-31(2)23-13-7-10-20-19(23)9-8-16-26(20)37(33,34)32(17-27-29-21-11-3-5-14-24(21)35-27)18-28-30-22-12-4-6-15-25(22)36-28/h3-16H,17-18H2,1-2H3. The Bertz CT molecular complexity index is 1720. The van der Waals surface area contributed by atoms with Gasteiger partial charge in [0, 0.05) is 30.6 Å². The lowest BCUT2D eigenvalue weighted by Gasteiger charge is -2.22. The number of thiazole rings is 2. The summed E-state index contributed by atoms with van der Waals surface area (Å²) in [5.74, 6) is 0. The van der Waals surface area contributed by atoms with Crippen LogP contribution in [0.25, 0.3) is 31.2 Å². The van der Waals surface area contributed by atoms with Gasteiger partial charge in [-0.2, -0.15) is 4.31 Å². The summed E-state index contributed by atoms with van der Waals surface area (Å²) in [4.78, 5) is 11.8. The molecule has 0 unspecified atom stereocenters. The van der Waals surface area contributed by atoms with Crippen LogP contribution in [0.4, 0.5) is 5.69 Å². The highest BCUT2D eigenvalue weighted by atomic mass is 32.2. The molecule has 0 amide bonds. The largest absolute Gasteiger partial charge is 0.377 e. The van der Waals surface area contributed by atoms with Crippen molar-refractivity contribution in [2.45, 2.75) is 18.0 Å². The van der Waals surface area contributed by atoms with Gasteiger partial charge in [-0.25, -0.2) is 18.4 Å². The third-order valence-electron chi connectivity index (χ3n) is 6.26. The predicted octanol–water partition coefficient (Wildman–Crippen LogP) is 6.52. The highest BCUT2D eigenvalue weighted by molar-refractivity contribution is 7.89. The van der Waals surface area contributed by atoms with E-state index in [0.29, 0.717) is 5.39 Å². The van der Waals surface area contributed by atoms with E-state index < -0.39 is 10.0 Å². The van der Waals surface area contributed by atoms with Gasteiger partial charge in [0.15, 0.2) is 0 Å². The van der Waals surface area contributed by atoms with Gasteiger partial charge in [-0.1, -0.05) is 48.5 Å². The molecular weight excluding hydrogens is 521 g/mol. The number of hydrogen-bond acceptors (Lipinski definition) is 7. The Hall–Kier alpha value is -3.37. The minimum absolute atomic E-state index is 0.168. The van der Waals surface area contributed by atoms with Crippen molar-refractivity contribution in [1.82, 2.24) is 14.3 Å². The zero-order valence-corrected chi connectivity index (χ0v) is 22.8. The van der Waals surface area contributed by atoms with Gasteiger partial charge in [0.05, 0.1) is 38.4 Å². The normalized spacial score (nSPS) is 12.2. The lowest BCUT2D eigenvalue weighted by molar-refractivity contribution is 0.401. The van der Waals surface area contributed by atoms with Crippen LogP contribution in [0.1, 0.15) is 10.0 Å². The number of sulfonamides is 1. The Morgan fingerprint density at radius 1 is 0.676 bits per heavy atom. The van der Waals surface area contributed by atoms with Crippen LogP contribution in [-0.2, 0) is 23.1 Å². The predicted molar refractivity (Wildman–Crippen MR) is 154 cm³/mol. The molecule has 9 heteroatoms. The Balaban J connectivity index is 1.47. The van der Waals surface area contributed by atoms with E-state index in [4.69, 9.17) is 9.97 Å². The Morgan fingerprint density at radius 2 is 1.22 bits per heavy atom.